The van der Waals surface area contributed by atoms with E-state index in [0.29, 0.717) is 23.1 Å². The molecule has 0 radical (unpaired) electrons. The Kier molecular flexibility index (Phi) is 4.38. The number of benzene rings is 1. The highest BCUT2D eigenvalue weighted by molar-refractivity contribution is 7.99. The average molecular weight is 288 g/mol. The van der Waals surface area contributed by atoms with E-state index < -0.39 is 5.97 Å². The van der Waals surface area contributed by atoms with Crippen LogP contribution in [0.2, 0.25) is 0 Å². The van der Waals surface area contributed by atoms with Crippen molar-refractivity contribution in [3.05, 3.63) is 29.8 Å². The van der Waals surface area contributed by atoms with E-state index in [4.69, 9.17) is 10.4 Å². The fourth-order valence-corrected chi connectivity index (χ4v) is 2.44. The van der Waals surface area contributed by atoms with Crippen LogP contribution in [0.1, 0.15) is 12.5 Å². The van der Waals surface area contributed by atoms with Gasteiger partial charge in [0.25, 0.3) is 0 Å². The minimum Gasteiger partial charge on any atom is -0.481 e. The monoisotopic (exact) mass is 288 g/mol. The summed E-state index contributed by atoms with van der Waals surface area (Å²) in [5.41, 5.74) is 1.43. The van der Waals surface area contributed by atoms with Gasteiger partial charge in [0.15, 0.2) is 11.0 Å². The summed E-state index contributed by atoms with van der Waals surface area (Å²) in [7, 11) is 0. The molecule has 102 valence electrons. The third-order valence-corrected chi connectivity index (χ3v) is 3.58. The lowest BCUT2D eigenvalue weighted by Gasteiger charge is -2.06. The average Bonchev–Trinajstić information content (AvgIpc) is 2.88. The van der Waals surface area contributed by atoms with E-state index in [1.807, 2.05) is 11.5 Å². The number of rotatable bonds is 5. The lowest BCUT2D eigenvalue weighted by Crippen LogP contribution is -2.03. The Balaban J connectivity index is 2.31. The van der Waals surface area contributed by atoms with Gasteiger partial charge in [-0.2, -0.15) is 5.26 Å². The fraction of sp³-hybridized carbons (Fsp3) is 0.231. The highest BCUT2D eigenvalue weighted by atomic mass is 32.2. The number of thioether (sulfide) groups is 1. The summed E-state index contributed by atoms with van der Waals surface area (Å²) < 4.78 is 1.86. The summed E-state index contributed by atoms with van der Waals surface area (Å²) in [5, 5.41) is 26.2. The predicted octanol–water partition coefficient (Wildman–Crippen LogP) is 2.01. The number of carboxylic acids is 1. The molecule has 0 bridgehead atoms. The number of nitriles is 1. The second-order valence-corrected chi connectivity index (χ2v) is 4.86. The lowest BCUT2D eigenvalue weighted by atomic mass is 10.1. The molecule has 7 heteroatoms. The number of hydrogen-bond acceptors (Lipinski definition) is 5. The number of nitrogens with zero attached hydrogens (tertiary/aromatic N) is 4. The predicted molar refractivity (Wildman–Crippen MR) is 74.2 cm³/mol. The minimum absolute atomic E-state index is 0.0501. The van der Waals surface area contributed by atoms with Crippen LogP contribution in [0, 0.1) is 11.3 Å². The van der Waals surface area contributed by atoms with Gasteiger partial charge < -0.3 is 9.67 Å². The fourth-order valence-electron chi connectivity index (χ4n) is 1.71. The van der Waals surface area contributed by atoms with E-state index in [-0.39, 0.29) is 5.75 Å². The summed E-state index contributed by atoms with van der Waals surface area (Å²) in [4.78, 5) is 10.6. The lowest BCUT2D eigenvalue weighted by molar-refractivity contribution is -0.133. The molecule has 1 aromatic heterocycles. The Labute approximate surface area is 120 Å². The van der Waals surface area contributed by atoms with Crippen molar-refractivity contribution < 1.29 is 9.90 Å². The van der Waals surface area contributed by atoms with Crippen LogP contribution in [0.3, 0.4) is 0 Å². The summed E-state index contributed by atoms with van der Waals surface area (Å²) in [5.74, 6) is -0.267. The Hall–Kier alpha value is -2.33. The second kappa shape index (κ2) is 6.21. The zero-order valence-electron chi connectivity index (χ0n) is 10.8. The van der Waals surface area contributed by atoms with Crippen molar-refractivity contribution >= 4 is 17.7 Å². The molecule has 20 heavy (non-hydrogen) atoms. The van der Waals surface area contributed by atoms with E-state index in [0.717, 1.165) is 17.3 Å². The first-order valence-corrected chi connectivity index (χ1v) is 6.92. The standard InChI is InChI=1S/C13H12N4O2S/c1-2-17-12(10-5-3-9(7-14)4-6-10)15-16-13(17)20-8-11(18)19/h3-6H,2,8H2,1H3,(H,18,19). The van der Waals surface area contributed by atoms with Crippen LogP contribution in [-0.2, 0) is 11.3 Å². The number of carboxylic acid groups (broad SMARTS) is 1. The normalized spacial score (nSPS) is 10.2. The first-order chi connectivity index (χ1) is 9.65. The van der Waals surface area contributed by atoms with Crippen LogP contribution in [0.15, 0.2) is 29.4 Å². The molecule has 1 heterocycles. The van der Waals surface area contributed by atoms with Crippen molar-refractivity contribution in [1.29, 1.82) is 5.26 Å². The minimum atomic E-state index is -0.888. The molecule has 1 N–H and O–H groups in total. The molecular weight excluding hydrogens is 276 g/mol. The molecule has 0 unspecified atom stereocenters. The SMILES string of the molecule is CCn1c(SCC(=O)O)nnc1-c1ccc(C#N)cc1. The molecule has 0 atom stereocenters. The summed E-state index contributed by atoms with van der Waals surface area (Å²) in [6.45, 7) is 2.59. The van der Waals surface area contributed by atoms with Gasteiger partial charge in [-0.25, -0.2) is 0 Å². The van der Waals surface area contributed by atoms with Crippen LogP contribution in [-0.4, -0.2) is 31.6 Å². The molecule has 0 amide bonds. The van der Waals surface area contributed by atoms with Crippen molar-refractivity contribution in [1.82, 2.24) is 14.8 Å². The van der Waals surface area contributed by atoms with E-state index in [1.165, 1.54) is 0 Å². The van der Waals surface area contributed by atoms with Crippen molar-refractivity contribution in [2.24, 2.45) is 0 Å². The molecule has 2 aromatic rings. The first-order valence-electron chi connectivity index (χ1n) is 5.94. The van der Waals surface area contributed by atoms with E-state index in [9.17, 15) is 4.79 Å². The third kappa shape index (κ3) is 2.97. The Bertz CT molecular complexity index is 658. The number of aromatic nitrogens is 3. The van der Waals surface area contributed by atoms with E-state index in [2.05, 4.69) is 16.3 Å². The molecule has 1 aromatic carbocycles. The van der Waals surface area contributed by atoms with Crippen molar-refractivity contribution in [2.45, 2.75) is 18.6 Å². The maximum Gasteiger partial charge on any atom is 0.313 e. The van der Waals surface area contributed by atoms with Crippen LogP contribution < -0.4 is 0 Å². The topological polar surface area (TPSA) is 91.8 Å². The van der Waals surface area contributed by atoms with Gasteiger partial charge in [0.05, 0.1) is 17.4 Å². The Morgan fingerprint density at radius 1 is 1.40 bits per heavy atom. The van der Waals surface area contributed by atoms with Gasteiger partial charge in [-0.15, -0.1) is 10.2 Å². The molecule has 0 fully saturated rings. The molecule has 0 aliphatic heterocycles. The van der Waals surface area contributed by atoms with Gasteiger partial charge in [0.2, 0.25) is 0 Å². The quantitative estimate of drug-likeness (QED) is 0.846. The Morgan fingerprint density at radius 3 is 2.65 bits per heavy atom. The van der Waals surface area contributed by atoms with Crippen LogP contribution in [0.4, 0.5) is 0 Å². The molecule has 0 aliphatic rings. The van der Waals surface area contributed by atoms with Crippen LogP contribution in [0.5, 0.6) is 0 Å². The maximum absolute atomic E-state index is 10.6. The molecule has 2 rings (SSSR count). The van der Waals surface area contributed by atoms with Gasteiger partial charge in [-0.05, 0) is 31.2 Å². The van der Waals surface area contributed by atoms with E-state index >= 15 is 0 Å². The van der Waals surface area contributed by atoms with Crippen molar-refractivity contribution in [3.63, 3.8) is 0 Å². The van der Waals surface area contributed by atoms with Gasteiger partial charge in [0, 0.05) is 12.1 Å². The summed E-state index contributed by atoms with van der Waals surface area (Å²) >= 11 is 1.14. The zero-order valence-corrected chi connectivity index (χ0v) is 11.6. The highest BCUT2D eigenvalue weighted by Crippen LogP contribution is 2.24. The van der Waals surface area contributed by atoms with Gasteiger partial charge in [-0.3, -0.25) is 4.79 Å². The molecule has 0 saturated heterocycles. The van der Waals surface area contributed by atoms with E-state index in [1.54, 1.807) is 24.3 Å². The van der Waals surface area contributed by atoms with Crippen LogP contribution in [0.25, 0.3) is 11.4 Å². The van der Waals surface area contributed by atoms with Crippen molar-refractivity contribution in [2.75, 3.05) is 5.75 Å². The van der Waals surface area contributed by atoms with Gasteiger partial charge in [-0.1, -0.05) is 11.8 Å². The molecular formula is C13H12N4O2S. The number of carbonyl (C=O) groups is 1. The van der Waals surface area contributed by atoms with Gasteiger partial charge >= 0.3 is 5.97 Å². The number of hydrogen-bond donors (Lipinski definition) is 1. The molecule has 0 aliphatic carbocycles. The molecule has 6 nitrogen and oxygen atoms in total. The third-order valence-electron chi connectivity index (χ3n) is 2.63. The first kappa shape index (κ1) is 14.1. The maximum atomic E-state index is 10.6. The molecule has 0 saturated carbocycles. The number of aliphatic carboxylic acids is 1. The second-order valence-electron chi connectivity index (χ2n) is 3.92. The summed E-state index contributed by atoms with van der Waals surface area (Å²) in [6.07, 6.45) is 0. The smallest absolute Gasteiger partial charge is 0.313 e. The van der Waals surface area contributed by atoms with Crippen molar-refractivity contribution in [3.8, 4) is 17.5 Å². The largest absolute Gasteiger partial charge is 0.481 e. The molecule has 0 spiro atoms. The highest BCUT2D eigenvalue weighted by Gasteiger charge is 2.14. The summed E-state index contributed by atoms with van der Waals surface area (Å²) in [6, 6.07) is 9.10. The van der Waals surface area contributed by atoms with Gasteiger partial charge in [0.1, 0.15) is 0 Å². The zero-order chi connectivity index (χ0) is 14.5. The van der Waals surface area contributed by atoms with Crippen LogP contribution >= 0.6 is 11.8 Å². The Morgan fingerprint density at radius 2 is 2.10 bits per heavy atom.